The molecule has 2 heterocycles. The van der Waals surface area contributed by atoms with Crippen molar-refractivity contribution >= 4 is 23.8 Å². The van der Waals surface area contributed by atoms with Gasteiger partial charge in [-0.1, -0.05) is 19.1 Å². The number of hydrogen-bond acceptors (Lipinski definition) is 6. The summed E-state index contributed by atoms with van der Waals surface area (Å²) in [5, 5.41) is 22.2. The van der Waals surface area contributed by atoms with Crippen molar-refractivity contribution in [1.29, 1.82) is 0 Å². The Morgan fingerprint density at radius 2 is 1.90 bits per heavy atom. The predicted octanol–water partition coefficient (Wildman–Crippen LogP) is 1.04. The van der Waals surface area contributed by atoms with Crippen LogP contribution in [0.2, 0.25) is 0 Å². The lowest BCUT2D eigenvalue weighted by Crippen LogP contribution is -2.57. The second kappa shape index (κ2) is 8.78. The van der Waals surface area contributed by atoms with Gasteiger partial charge in [0, 0.05) is 19.0 Å². The third-order valence-electron chi connectivity index (χ3n) is 5.75. The van der Waals surface area contributed by atoms with Crippen molar-refractivity contribution in [2.24, 2.45) is 11.8 Å². The first-order valence-corrected chi connectivity index (χ1v) is 10.0. The van der Waals surface area contributed by atoms with E-state index in [4.69, 9.17) is 11.2 Å². The van der Waals surface area contributed by atoms with Crippen molar-refractivity contribution in [3.05, 3.63) is 29.8 Å². The summed E-state index contributed by atoms with van der Waals surface area (Å²) < 4.78 is 5.55. The van der Waals surface area contributed by atoms with Crippen molar-refractivity contribution in [3.63, 3.8) is 0 Å². The van der Waals surface area contributed by atoms with Gasteiger partial charge in [0.2, 0.25) is 11.8 Å². The van der Waals surface area contributed by atoms with E-state index in [9.17, 15) is 29.4 Å². The Hall–Kier alpha value is -3.38. The Labute approximate surface area is 179 Å². The third kappa shape index (κ3) is 3.86. The van der Waals surface area contributed by atoms with Crippen LogP contribution in [0.25, 0.3) is 0 Å². The van der Waals surface area contributed by atoms with Gasteiger partial charge in [-0.05, 0) is 24.1 Å². The molecule has 2 saturated heterocycles. The molecule has 164 valence electrons. The van der Waals surface area contributed by atoms with Gasteiger partial charge in [0.1, 0.15) is 11.3 Å². The lowest BCUT2D eigenvalue weighted by atomic mass is 9.77. The molecule has 3 N–H and O–H groups in total. The molecule has 0 aromatic heterocycles. The number of terminal acetylenes is 1. The largest absolute Gasteiger partial charge is 0.494 e. The highest BCUT2D eigenvalue weighted by Gasteiger charge is 2.68. The van der Waals surface area contributed by atoms with Crippen LogP contribution < -0.4 is 10.1 Å². The predicted molar refractivity (Wildman–Crippen MR) is 108 cm³/mol. The van der Waals surface area contributed by atoms with Gasteiger partial charge in [-0.15, -0.1) is 12.3 Å². The summed E-state index contributed by atoms with van der Waals surface area (Å²) in [4.78, 5) is 50.9. The molecule has 2 fully saturated rings. The molecule has 0 saturated carbocycles. The summed E-state index contributed by atoms with van der Waals surface area (Å²) in [5.74, 6) is -3.59. The highest BCUT2D eigenvalue weighted by Crippen LogP contribution is 2.50. The fraction of sp³-hybridized carbons (Fsp3) is 0.455. The Balaban J connectivity index is 2.03. The number of aliphatic carboxylic acids is 2. The smallest absolute Gasteiger partial charge is 0.325 e. The first-order chi connectivity index (χ1) is 14.8. The fourth-order valence-electron chi connectivity index (χ4n) is 4.41. The van der Waals surface area contributed by atoms with E-state index in [1.54, 1.807) is 24.3 Å². The van der Waals surface area contributed by atoms with E-state index in [1.165, 1.54) is 0 Å². The molecule has 3 rings (SSSR count). The third-order valence-corrected chi connectivity index (χ3v) is 5.75. The average molecular weight is 428 g/mol. The maximum Gasteiger partial charge on any atom is 0.325 e. The molecule has 31 heavy (non-hydrogen) atoms. The van der Waals surface area contributed by atoms with Gasteiger partial charge in [0.15, 0.2) is 0 Å². The number of amides is 2. The molecule has 0 bridgehead atoms. The first-order valence-electron chi connectivity index (χ1n) is 10.0. The minimum atomic E-state index is -2.11. The Bertz CT molecular complexity index is 936. The van der Waals surface area contributed by atoms with Crippen LogP contribution in [-0.4, -0.2) is 57.6 Å². The average Bonchev–Trinajstić information content (AvgIpc) is 3.19. The molecule has 0 aliphatic carbocycles. The summed E-state index contributed by atoms with van der Waals surface area (Å²) in [5.41, 5.74) is -1.55. The van der Waals surface area contributed by atoms with Gasteiger partial charge >= 0.3 is 11.9 Å². The number of hydrogen-bond donors (Lipinski definition) is 3. The molecule has 9 nitrogen and oxygen atoms in total. The zero-order valence-corrected chi connectivity index (χ0v) is 17.0. The number of rotatable bonds is 9. The van der Waals surface area contributed by atoms with Crippen LogP contribution in [-0.2, 0) is 19.2 Å². The number of carbonyl (C=O) groups excluding carboxylic acids is 2. The quantitative estimate of drug-likeness (QED) is 0.393. The molecular formula is C22H24N2O7. The van der Waals surface area contributed by atoms with Crippen LogP contribution in [0.3, 0.4) is 0 Å². The normalized spacial score (nSPS) is 27.1. The Morgan fingerprint density at radius 3 is 2.45 bits per heavy atom. The number of carbonyl (C=O) groups is 4. The Morgan fingerprint density at radius 1 is 1.23 bits per heavy atom. The van der Waals surface area contributed by atoms with Crippen molar-refractivity contribution in [1.82, 2.24) is 10.2 Å². The number of imide groups is 1. The number of nitrogens with one attached hydrogen (secondary N) is 1. The van der Waals surface area contributed by atoms with Crippen LogP contribution in [0, 0.1) is 24.2 Å². The van der Waals surface area contributed by atoms with Crippen molar-refractivity contribution < 1.29 is 34.1 Å². The molecule has 4 unspecified atom stereocenters. The molecular weight excluding hydrogens is 404 g/mol. The molecule has 9 heteroatoms. The monoisotopic (exact) mass is 428 g/mol. The van der Waals surface area contributed by atoms with Crippen LogP contribution in [0.5, 0.6) is 5.75 Å². The van der Waals surface area contributed by atoms with Gasteiger partial charge < -0.3 is 14.9 Å². The van der Waals surface area contributed by atoms with Crippen LogP contribution in [0.15, 0.2) is 24.3 Å². The number of likely N-dealkylation sites (tertiary alicyclic amines) is 1. The van der Waals surface area contributed by atoms with Gasteiger partial charge in [0.05, 0.1) is 24.9 Å². The second-order valence-electron chi connectivity index (χ2n) is 7.67. The lowest BCUT2D eigenvalue weighted by molar-refractivity contribution is -0.155. The molecule has 2 aliphatic heterocycles. The second-order valence-corrected chi connectivity index (χ2v) is 7.67. The minimum Gasteiger partial charge on any atom is -0.494 e. The summed E-state index contributed by atoms with van der Waals surface area (Å²) >= 11 is 0. The van der Waals surface area contributed by atoms with Gasteiger partial charge in [0.25, 0.3) is 0 Å². The van der Waals surface area contributed by atoms with E-state index in [0.717, 1.165) is 11.3 Å². The SMILES string of the molecule is C#CCCN1C(=O)C2C(c3ccc(OCCC)cc3)NC(CC(=O)O)(C(=O)O)C2C1=O. The van der Waals surface area contributed by atoms with E-state index in [0.29, 0.717) is 17.9 Å². The molecule has 2 amide bonds. The van der Waals surface area contributed by atoms with Crippen LogP contribution in [0.4, 0.5) is 0 Å². The summed E-state index contributed by atoms with van der Waals surface area (Å²) in [7, 11) is 0. The lowest BCUT2D eigenvalue weighted by Gasteiger charge is -2.29. The van der Waals surface area contributed by atoms with Crippen molar-refractivity contribution in [2.75, 3.05) is 13.2 Å². The number of benzene rings is 1. The standard InChI is InChI=1S/C22H24N2O7/c1-3-5-10-24-19(27)16-17(20(24)28)22(21(29)30,12-15(25)26)23-18(16)13-6-8-14(9-7-13)31-11-4-2/h1,6-9,16-18,23H,4-5,10-12H2,2H3,(H,25,26)(H,29,30). The summed E-state index contributed by atoms with van der Waals surface area (Å²) in [6.07, 6.45) is 5.36. The van der Waals surface area contributed by atoms with E-state index in [-0.39, 0.29) is 13.0 Å². The Kier molecular flexibility index (Phi) is 6.32. The number of nitrogens with zero attached hydrogens (tertiary/aromatic N) is 1. The zero-order valence-electron chi connectivity index (χ0n) is 17.0. The minimum absolute atomic E-state index is 0.0412. The molecule has 0 radical (unpaired) electrons. The van der Waals surface area contributed by atoms with Crippen LogP contribution in [0.1, 0.15) is 37.8 Å². The topological polar surface area (TPSA) is 133 Å². The highest BCUT2D eigenvalue weighted by atomic mass is 16.5. The molecule has 1 aromatic carbocycles. The maximum atomic E-state index is 13.1. The number of ether oxygens (including phenoxy) is 1. The molecule has 2 aliphatic rings. The van der Waals surface area contributed by atoms with Gasteiger partial charge in [-0.25, -0.2) is 0 Å². The number of carboxylic acids is 2. The highest BCUT2D eigenvalue weighted by molar-refractivity contribution is 6.10. The number of fused-ring (bicyclic) bond motifs is 1. The zero-order chi connectivity index (χ0) is 22.8. The first kappa shape index (κ1) is 22.3. The van der Waals surface area contributed by atoms with Crippen molar-refractivity contribution in [3.8, 4) is 18.1 Å². The summed E-state index contributed by atoms with van der Waals surface area (Å²) in [6.45, 7) is 2.46. The number of carboxylic acid groups (broad SMARTS) is 2. The fourth-order valence-corrected chi connectivity index (χ4v) is 4.41. The van der Waals surface area contributed by atoms with E-state index >= 15 is 0 Å². The molecule has 4 atom stereocenters. The summed E-state index contributed by atoms with van der Waals surface area (Å²) in [6, 6.07) is 5.89. The van der Waals surface area contributed by atoms with Gasteiger partial charge in [-0.3, -0.25) is 29.4 Å². The van der Waals surface area contributed by atoms with E-state index in [2.05, 4.69) is 11.2 Å². The molecule has 0 spiro atoms. The van der Waals surface area contributed by atoms with Crippen LogP contribution >= 0.6 is 0 Å². The molecule has 1 aromatic rings. The van der Waals surface area contributed by atoms with Crippen molar-refractivity contribution in [2.45, 2.75) is 37.8 Å². The van der Waals surface area contributed by atoms with E-state index in [1.807, 2.05) is 6.92 Å². The van der Waals surface area contributed by atoms with Gasteiger partial charge in [-0.2, -0.15) is 0 Å². The maximum absolute atomic E-state index is 13.1. The van der Waals surface area contributed by atoms with E-state index < -0.39 is 53.6 Å².